The van der Waals surface area contributed by atoms with E-state index >= 15 is 0 Å². The quantitative estimate of drug-likeness (QED) is 0.245. The van der Waals surface area contributed by atoms with E-state index in [2.05, 4.69) is 25.3 Å². The van der Waals surface area contributed by atoms with Crippen LogP contribution in [0.4, 0.5) is 0 Å². The molecule has 0 aromatic rings. The molecule has 0 amide bonds. The Morgan fingerprint density at radius 1 is 1.00 bits per heavy atom. The molecule has 0 fully saturated rings. The number of rotatable bonds is 5. The van der Waals surface area contributed by atoms with E-state index in [4.69, 9.17) is 4.74 Å². The maximum absolute atomic E-state index is 10.5. The van der Waals surface area contributed by atoms with Gasteiger partial charge in [-0.2, -0.15) is 0 Å². The molecule has 3 nitrogen and oxygen atoms in total. The third kappa shape index (κ3) is 11.5. The second-order valence-electron chi connectivity index (χ2n) is 6.79. The summed E-state index contributed by atoms with van der Waals surface area (Å²) in [5.41, 5.74) is 0.0364. The lowest BCUT2D eigenvalue weighted by atomic mass is 9.89. The largest absolute Gasteiger partial charge is 0.588 e. The lowest BCUT2D eigenvalue weighted by Crippen LogP contribution is -2.26. The molecule has 102 valence electrons. The van der Waals surface area contributed by atoms with Gasteiger partial charge >= 0.3 is 5.97 Å². The number of esters is 1. The lowest BCUT2D eigenvalue weighted by molar-refractivity contribution is -1.05. The topological polar surface area (TPSA) is 43.6 Å². The summed E-state index contributed by atoms with van der Waals surface area (Å²) in [5, 5.41) is 10.5. The van der Waals surface area contributed by atoms with Gasteiger partial charge < -0.3 is 9.99 Å². The second-order valence-corrected chi connectivity index (χ2v) is 6.79. The van der Waals surface area contributed by atoms with Gasteiger partial charge in [0.25, 0.3) is 0 Å². The molecular weight excluding hydrogens is 216 g/mol. The first-order chi connectivity index (χ1) is 7.64. The Balaban J connectivity index is 3.73. The van der Waals surface area contributed by atoms with E-state index in [9.17, 15) is 5.26 Å². The van der Waals surface area contributed by atoms with Crippen LogP contribution in [0.5, 0.6) is 0 Å². The SMILES string of the molecule is CC(C)(C)CCCCCC(OC(C)(C)C)=[O+][O-]. The Kier molecular flexibility index (Phi) is 6.58. The first-order valence-electron chi connectivity index (χ1n) is 6.49. The maximum atomic E-state index is 10.5. The normalized spacial score (nSPS) is 13.9. The van der Waals surface area contributed by atoms with Crippen molar-refractivity contribution in [3.8, 4) is 0 Å². The highest BCUT2D eigenvalue weighted by atomic mass is 17.1. The highest BCUT2D eigenvalue weighted by Gasteiger charge is 2.25. The van der Waals surface area contributed by atoms with Crippen molar-refractivity contribution in [3.05, 3.63) is 0 Å². The van der Waals surface area contributed by atoms with Crippen LogP contribution in [0.15, 0.2) is 0 Å². The average molecular weight is 244 g/mol. The molecule has 0 N–H and O–H groups in total. The summed E-state index contributed by atoms with van der Waals surface area (Å²) in [6.07, 6.45) is 5.05. The smallest absolute Gasteiger partial charge is 0.497 e. The molecule has 0 radical (unpaired) electrons. The van der Waals surface area contributed by atoms with Gasteiger partial charge in [-0.25, -0.2) is 0 Å². The van der Waals surface area contributed by atoms with E-state index in [1.54, 1.807) is 0 Å². The Hall–Kier alpha value is -0.730. The maximum Gasteiger partial charge on any atom is 0.497 e. The highest BCUT2D eigenvalue weighted by Crippen LogP contribution is 2.22. The molecule has 0 saturated heterocycles. The van der Waals surface area contributed by atoms with Gasteiger partial charge in [-0.1, -0.05) is 33.6 Å². The van der Waals surface area contributed by atoms with Gasteiger partial charge in [-0.05, 0) is 18.3 Å². The molecule has 17 heavy (non-hydrogen) atoms. The number of hydrogen-bond acceptors (Lipinski definition) is 2. The van der Waals surface area contributed by atoms with Crippen LogP contribution in [0.3, 0.4) is 0 Å². The van der Waals surface area contributed by atoms with Gasteiger partial charge in [0.1, 0.15) is 6.42 Å². The highest BCUT2D eigenvalue weighted by molar-refractivity contribution is 5.69. The Morgan fingerprint density at radius 3 is 2.00 bits per heavy atom. The summed E-state index contributed by atoms with van der Waals surface area (Å²) in [6, 6.07) is 0. The number of unbranched alkanes of at least 4 members (excludes halogenated alkanes) is 2. The van der Waals surface area contributed by atoms with Crippen molar-refractivity contribution in [2.45, 2.75) is 79.2 Å². The minimum Gasteiger partial charge on any atom is -0.588 e. The van der Waals surface area contributed by atoms with E-state index in [-0.39, 0.29) is 11.6 Å². The first kappa shape index (κ1) is 16.3. The summed E-state index contributed by atoms with van der Waals surface area (Å²) in [4.78, 5) is 0. The van der Waals surface area contributed by atoms with Crippen molar-refractivity contribution in [3.63, 3.8) is 0 Å². The molecule has 0 saturated carbocycles. The molecule has 0 rings (SSSR count). The van der Waals surface area contributed by atoms with E-state index in [0.29, 0.717) is 11.8 Å². The van der Waals surface area contributed by atoms with Crippen molar-refractivity contribution in [2.75, 3.05) is 0 Å². The van der Waals surface area contributed by atoms with Crippen molar-refractivity contribution in [1.29, 1.82) is 0 Å². The molecule has 0 aliphatic rings. The molecule has 0 bridgehead atoms. The third-order valence-electron chi connectivity index (χ3n) is 2.32. The molecule has 0 unspecified atom stereocenters. The molecule has 0 atom stereocenters. The number of ether oxygens (including phenoxy) is 1. The minimum atomic E-state index is -0.356. The van der Waals surface area contributed by atoms with Crippen molar-refractivity contribution in [1.82, 2.24) is 0 Å². The van der Waals surface area contributed by atoms with Crippen LogP contribution in [0.25, 0.3) is 0 Å². The van der Waals surface area contributed by atoms with E-state index in [1.165, 1.54) is 12.8 Å². The van der Waals surface area contributed by atoms with Gasteiger partial charge in [0.2, 0.25) is 0 Å². The molecule has 3 heteroatoms. The van der Waals surface area contributed by atoms with Crippen LogP contribution in [0, 0.1) is 5.41 Å². The van der Waals surface area contributed by atoms with Crippen LogP contribution in [-0.4, -0.2) is 11.6 Å². The molecule has 0 aliphatic heterocycles. The van der Waals surface area contributed by atoms with Gasteiger partial charge in [0.05, 0.1) is 0 Å². The van der Waals surface area contributed by atoms with Crippen LogP contribution in [-0.2, 0) is 9.31 Å². The zero-order valence-electron chi connectivity index (χ0n) is 12.3. The fourth-order valence-corrected chi connectivity index (χ4v) is 1.55. The van der Waals surface area contributed by atoms with E-state index in [1.807, 2.05) is 20.8 Å². The first-order valence-corrected chi connectivity index (χ1v) is 6.49. The van der Waals surface area contributed by atoms with Crippen LogP contribution < -0.4 is 5.26 Å². The molecule has 0 aromatic heterocycles. The minimum absolute atomic E-state index is 0.216. The van der Waals surface area contributed by atoms with E-state index in [0.717, 1.165) is 12.8 Å². The molecule has 0 aliphatic carbocycles. The fraction of sp³-hybridized carbons (Fsp3) is 0.929. The monoisotopic (exact) mass is 244 g/mol. The Bertz CT molecular complexity index is 231. The Morgan fingerprint density at radius 2 is 1.59 bits per heavy atom. The van der Waals surface area contributed by atoms with Gasteiger partial charge in [-0.3, -0.25) is 4.58 Å². The summed E-state index contributed by atoms with van der Waals surface area (Å²) < 4.78 is 9.43. The van der Waals surface area contributed by atoms with Gasteiger partial charge in [0.15, 0.2) is 5.60 Å². The number of carbonyl (C=O) groups excluding carboxylic acids is 1. The zero-order chi connectivity index (χ0) is 13.5. The zero-order valence-corrected chi connectivity index (χ0v) is 12.3. The predicted octanol–water partition coefficient (Wildman–Crippen LogP) is 3.14. The molecule has 0 spiro atoms. The average Bonchev–Trinajstić information content (AvgIpc) is 2.11. The molecule has 0 heterocycles. The van der Waals surface area contributed by atoms with Crippen molar-refractivity contribution in [2.24, 2.45) is 5.41 Å². The summed E-state index contributed by atoms with van der Waals surface area (Å²) in [7, 11) is 0. The van der Waals surface area contributed by atoms with Gasteiger partial charge in [-0.15, -0.1) is 0 Å². The third-order valence-corrected chi connectivity index (χ3v) is 2.32. The van der Waals surface area contributed by atoms with Crippen molar-refractivity contribution < 1.29 is 14.6 Å². The van der Waals surface area contributed by atoms with Gasteiger partial charge in [0, 0.05) is 20.8 Å². The summed E-state index contributed by atoms with van der Waals surface area (Å²) in [6.45, 7) is 12.5. The fourth-order valence-electron chi connectivity index (χ4n) is 1.55. The van der Waals surface area contributed by atoms with Crippen LogP contribution in [0.1, 0.15) is 73.6 Å². The van der Waals surface area contributed by atoms with Crippen molar-refractivity contribution >= 4 is 5.97 Å². The molecule has 0 aromatic carbocycles. The number of hydrogen-bond donors (Lipinski definition) is 0. The van der Waals surface area contributed by atoms with Crippen LogP contribution >= 0.6 is 0 Å². The predicted molar refractivity (Wildman–Crippen MR) is 68.4 cm³/mol. The van der Waals surface area contributed by atoms with E-state index < -0.39 is 0 Å². The van der Waals surface area contributed by atoms with Crippen LogP contribution in [0.2, 0.25) is 0 Å². The standard InChI is InChI=1S/C14H28O3/c1-13(2,3)11-9-7-8-10-12(17-15)16-14(4,5)6/h7-11H2,1-6H3. The lowest BCUT2D eigenvalue weighted by Gasteiger charge is -2.17. The summed E-state index contributed by atoms with van der Waals surface area (Å²) >= 11 is 0. The Labute approximate surface area is 106 Å². The summed E-state index contributed by atoms with van der Waals surface area (Å²) in [5.74, 6) is 0.216. The second kappa shape index (κ2) is 6.87. The molecular formula is C14H28O3.